The molecule has 1 atom stereocenters. The number of phenolic OH excluding ortho intramolecular Hbond substituents is 1. The Bertz CT molecular complexity index is 440. The van der Waals surface area contributed by atoms with E-state index in [0.717, 1.165) is 18.5 Å². The van der Waals surface area contributed by atoms with Crippen LogP contribution < -0.4 is 10.6 Å². The lowest BCUT2D eigenvalue weighted by molar-refractivity contribution is -0.116. The van der Waals surface area contributed by atoms with Crippen LogP contribution in [0.4, 0.5) is 5.69 Å². The van der Waals surface area contributed by atoms with Crippen LogP contribution >= 0.6 is 0 Å². The Balaban J connectivity index is 1.78. The van der Waals surface area contributed by atoms with Gasteiger partial charge in [-0.15, -0.1) is 0 Å². The number of hydrogen-bond acceptors (Lipinski definition) is 3. The minimum absolute atomic E-state index is 0.00984. The molecule has 1 unspecified atom stereocenters. The molecule has 1 aromatic carbocycles. The quantitative estimate of drug-likeness (QED) is 0.781. The van der Waals surface area contributed by atoms with E-state index in [-0.39, 0.29) is 11.7 Å². The molecule has 1 aliphatic heterocycles. The number of phenols is 1. The molecule has 0 aromatic heterocycles. The van der Waals surface area contributed by atoms with E-state index in [0.29, 0.717) is 18.2 Å². The maximum atomic E-state index is 11.8. The molecule has 0 aliphatic carbocycles. The van der Waals surface area contributed by atoms with Crippen LogP contribution in [0, 0.1) is 6.92 Å². The second-order valence-electron chi connectivity index (χ2n) is 5.23. The van der Waals surface area contributed by atoms with Crippen molar-refractivity contribution in [2.75, 3.05) is 11.9 Å². The number of anilines is 1. The smallest absolute Gasteiger partial charge is 0.224 e. The highest BCUT2D eigenvalue weighted by Gasteiger charge is 2.14. The zero-order valence-corrected chi connectivity index (χ0v) is 11.4. The Kier molecular flexibility index (Phi) is 4.80. The molecular weight excluding hydrogens is 240 g/mol. The molecule has 4 nitrogen and oxygen atoms in total. The normalized spacial score (nSPS) is 19.1. The molecule has 19 heavy (non-hydrogen) atoms. The molecule has 0 spiro atoms. The van der Waals surface area contributed by atoms with Crippen LogP contribution in [-0.2, 0) is 4.79 Å². The summed E-state index contributed by atoms with van der Waals surface area (Å²) in [4.78, 5) is 11.8. The first kappa shape index (κ1) is 13.9. The van der Waals surface area contributed by atoms with Crippen molar-refractivity contribution in [2.24, 2.45) is 0 Å². The summed E-state index contributed by atoms with van der Waals surface area (Å²) in [7, 11) is 0. The fraction of sp³-hybridized carbons (Fsp3) is 0.533. The lowest BCUT2D eigenvalue weighted by Gasteiger charge is -2.23. The average Bonchev–Trinajstić information content (AvgIpc) is 2.42. The van der Waals surface area contributed by atoms with E-state index in [9.17, 15) is 9.90 Å². The SMILES string of the molecule is Cc1ccc(NC(=O)CCC2CCCCN2)cc1O. The van der Waals surface area contributed by atoms with Gasteiger partial charge in [0.05, 0.1) is 0 Å². The number of rotatable bonds is 4. The lowest BCUT2D eigenvalue weighted by atomic mass is 10.0. The second-order valence-corrected chi connectivity index (χ2v) is 5.23. The number of hydrogen-bond donors (Lipinski definition) is 3. The summed E-state index contributed by atoms with van der Waals surface area (Å²) in [6.07, 6.45) is 5.06. The summed E-state index contributed by atoms with van der Waals surface area (Å²) in [5, 5.41) is 15.8. The van der Waals surface area contributed by atoms with Crippen LogP contribution in [0.5, 0.6) is 5.75 Å². The van der Waals surface area contributed by atoms with Crippen molar-refractivity contribution >= 4 is 11.6 Å². The number of aromatic hydroxyl groups is 1. The van der Waals surface area contributed by atoms with E-state index in [1.165, 1.54) is 19.3 Å². The molecule has 104 valence electrons. The predicted molar refractivity (Wildman–Crippen MR) is 76.3 cm³/mol. The van der Waals surface area contributed by atoms with E-state index < -0.39 is 0 Å². The Hall–Kier alpha value is -1.55. The van der Waals surface area contributed by atoms with Gasteiger partial charge in [0.1, 0.15) is 5.75 Å². The molecule has 3 N–H and O–H groups in total. The third-order valence-corrected chi connectivity index (χ3v) is 3.63. The highest BCUT2D eigenvalue weighted by molar-refractivity contribution is 5.90. The molecule has 2 rings (SSSR count). The molecule has 1 fully saturated rings. The largest absolute Gasteiger partial charge is 0.508 e. The average molecular weight is 262 g/mol. The maximum Gasteiger partial charge on any atom is 0.224 e. The first-order valence-corrected chi connectivity index (χ1v) is 6.98. The van der Waals surface area contributed by atoms with Gasteiger partial charge >= 0.3 is 0 Å². The second kappa shape index (κ2) is 6.57. The van der Waals surface area contributed by atoms with Gasteiger partial charge in [-0.3, -0.25) is 4.79 Å². The number of carbonyl (C=O) groups excluding carboxylic acids is 1. The van der Waals surface area contributed by atoms with E-state index in [2.05, 4.69) is 10.6 Å². The lowest BCUT2D eigenvalue weighted by Crippen LogP contribution is -2.34. The van der Waals surface area contributed by atoms with Gasteiger partial charge < -0.3 is 15.7 Å². The van der Waals surface area contributed by atoms with Gasteiger partial charge in [0.2, 0.25) is 5.91 Å². The van der Waals surface area contributed by atoms with E-state index in [1.807, 2.05) is 13.0 Å². The number of nitrogens with one attached hydrogen (secondary N) is 2. The number of piperidine rings is 1. The summed E-state index contributed by atoms with van der Waals surface area (Å²) < 4.78 is 0. The van der Waals surface area contributed by atoms with Crippen LogP contribution in [0.2, 0.25) is 0 Å². The summed E-state index contributed by atoms with van der Waals surface area (Å²) in [5.41, 5.74) is 1.47. The van der Waals surface area contributed by atoms with Gasteiger partial charge in [0.15, 0.2) is 0 Å². The van der Waals surface area contributed by atoms with E-state index in [4.69, 9.17) is 0 Å². The first-order valence-electron chi connectivity index (χ1n) is 6.98. The summed E-state index contributed by atoms with van der Waals surface area (Å²) in [6.45, 7) is 2.90. The molecular formula is C15H22N2O2. The highest BCUT2D eigenvalue weighted by Crippen LogP contribution is 2.21. The predicted octanol–water partition coefficient (Wildman–Crippen LogP) is 2.56. The minimum atomic E-state index is 0.00984. The molecule has 1 amide bonds. The Labute approximate surface area is 114 Å². The van der Waals surface area contributed by atoms with Gasteiger partial charge in [-0.25, -0.2) is 0 Å². The molecule has 0 bridgehead atoms. The van der Waals surface area contributed by atoms with Crippen molar-refractivity contribution in [3.05, 3.63) is 23.8 Å². The van der Waals surface area contributed by atoms with Crippen LogP contribution in [0.3, 0.4) is 0 Å². The Morgan fingerprint density at radius 3 is 3.00 bits per heavy atom. The molecule has 1 aromatic rings. The van der Waals surface area contributed by atoms with Crippen molar-refractivity contribution in [1.29, 1.82) is 0 Å². The van der Waals surface area contributed by atoms with Crippen LogP contribution in [0.1, 0.15) is 37.7 Å². The van der Waals surface area contributed by atoms with Crippen molar-refractivity contribution < 1.29 is 9.90 Å². The molecule has 0 saturated carbocycles. The third kappa shape index (κ3) is 4.24. The molecule has 1 heterocycles. The van der Waals surface area contributed by atoms with Gasteiger partial charge in [-0.05, 0) is 44.4 Å². The van der Waals surface area contributed by atoms with Crippen molar-refractivity contribution in [3.8, 4) is 5.75 Å². The third-order valence-electron chi connectivity index (χ3n) is 3.63. The topological polar surface area (TPSA) is 61.4 Å². The van der Waals surface area contributed by atoms with E-state index in [1.54, 1.807) is 12.1 Å². The first-order chi connectivity index (χ1) is 9.15. The molecule has 4 heteroatoms. The number of aryl methyl sites for hydroxylation is 1. The van der Waals surface area contributed by atoms with Crippen LogP contribution in [0.15, 0.2) is 18.2 Å². The monoisotopic (exact) mass is 262 g/mol. The zero-order valence-electron chi connectivity index (χ0n) is 11.4. The van der Waals surface area contributed by atoms with Crippen LogP contribution in [-0.4, -0.2) is 23.6 Å². The standard InChI is InChI=1S/C15H22N2O2/c1-11-5-6-13(10-14(11)18)17-15(19)8-7-12-4-2-3-9-16-12/h5-6,10,12,16,18H,2-4,7-9H2,1H3,(H,17,19). The maximum absolute atomic E-state index is 11.8. The van der Waals surface area contributed by atoms with Crippen molar-refractivity contribution in [2.45, 2.75) is 45.1 Å². The number of carbonyl (C=O) groups is 1. The van der Waals surface area contributed by atoms with Crippen LogP contribution in [0.25, 0.3) is 0 Å². The molecule has 1 saturated heterocycles. The van der Waals surface area contributed by atoms with E-state index >= 15 is 0 Å². The highest BCUT2D eigenvalue weighted by atomic mass is 16.3. The molecule has 0 radical (unpaired) electrons. The summed E-state index contributed by atoms with van der Waals surface area (Å²) in [5.74, 6) is 0.224. The number of benzene rings is 1. The van der Waals surface area contributed by atoms with Crippen molar-refractivity contribution in [1.82, 2.24) is 5.32 Å². The van der Waals surface area contributed by atoms with Gasteiger partial charge in [0, 0.05) is 24.2 Å². The molecule has 1 aliphatic rings. The minimum Gasteiger partial charge on any atom is -0.508 e. The summed E-state index contributed by atoms with van der Waals surface area (Å²) in [6, 6.07) is 5.68. The fourth-order valence-corrected chi connectivity index (χ4v) is 2.39. The Morgan fingerprint density at radius 1 is 1.47 bits per heavy atom. The van der Waals surface area contributed by atoms with Gasteiger partial charge in [0.25, 0.3) is 0 Å². The Morgan fingerprint density at radius 2 is 2.32 bits per heavy atom. The zero-order chi connectivity index (χ0) is 13.7. The van der Waals surface area contributed by atoms with Gasteiger partial charge in [-0.1, -0.05) is 12.5 Å². The van der Waals surface area contributed by atoms with Gasteiger partial charge in [-0.2, -0.15) is 0 Å². The summed E-state index contributed by atoms with van der Waals surface area (Å²) >= 11 is 0. The fourth-order valence-electron chi connectivity index (χ4n) is 2.39. The van der Waals surface area contributed by atoms with Crippen molar-refractivity contribution in [3.63, 3.8) is 0 Å². The number of amides is 1.